The van der Waals surface area contributed by atoms with Crippen molar-refractivity contribution in [1.29, 1.82) is 0 Å². The van der Waals surface area contributed by atoms with Crippen LogP contribution >= 0.6 is 0 Å². The molecule has 1 atom stereocenters. The molecule has 30 aromatic rings. The van der Waals surface area contributed by atoms with E-state index in [0.29, 0.717) is 0 Å². The van der Waals surface area contributed by atoms with Crippen LogP contribution in [0.15, 0.2) is 491 Å². The molecule has 137 heavy (non-hydrogen) atoms. The van der Waals surface area contributed by atoms with Crippen LogP contribution in [-0.2, 0) is 0 Å². The predicted octanol–water partition coefficient (Wildman–Crippen LogP) is 29.7. The van der Waals surface area contributed by atoms with E-state index in [4.69, 9.17) is 0 Å². The van der Waals surface area contributed by atoms with Crippen LogP contribution in [0.25, 0.3) is 230 Å². The number of hydrogen-bond acceptors (Lipinski definition) is 0. The Morgan fingerprint density at radius 3 is 0.745 bits per heavy atom. The lowest BCUT2D eigenvalue weighted by Crippen LogP contribution is -2.69. The minimum atomic E-state index is -4.21. The van der Waals surface area contributed by atoms with E-state index >= 15 is 0 Å². The highest BCUT2D eigenvalue weighted by molar-refractivity contribution is 7.02. The molecule has 0 amide bonds. The van der Waals surface area contributed by atoms with Crippen LogP contribution in [0.1, 0.15) is 0 Å². The first kappa shape index (κ1) is 75.9. The van der Waals surface area contributed by atoms with Gasteiger partial charge < -0.3 is 39.4 Å². The standard InChI is InChI=1S/C126H81N9Si2/c1-2-37-87(38-3-1)136(131-116-62-24-10-45-95(116)96-46-11-25-63-117(96)131,88-39-32-35-83(78-88)127-112-60-22-8-51-101(112)106-80-85(72-75-114(106)127)129-108-56-18-4-41-91(108)92-42-5-19-57-109(92)129)132-118-64-26-16-53-103(118)105-77-82(71-74-124(105)132)90-55-34-70-125-126(90)104-54-17-31-69-123(104)135(125)137(133-119-65-27-12-47-97(119)98-48-13-28-66-120(98)133,134-121-67-29-14-49-99(121)100-50-15-30-68-122(100)134)89-40-33-36-84(79-89)128-113-61-23-9-52-102(113)107-81-86(73-76-115(107)128)130-110-58-20-6-43-93(110)94-44-7-21-59-111(94)130/h1-81H. The Morgan fingerprint density at radius 2 is 0.365 bits per heavy atom. The first-order chi connectivity index (χ1) is 68.0. The molecular weight excluding hydrogens is 1700 g/mol. The molecule has 0 saturated carbocycles. The average Bonchev–Trinajstić information content (AvgIpc) is 1.38. The summed E-state index contributed by atoms with van der Waals surface area (Å²) in [7, 11) is -8.06. The van der Waals surface area contributed by atoms with Gasteiger partial charge in [0.1, 0.15) is 0 Å². The summed E-state index contributed by atoms with van der Waals surface area (Å²) in [5, 5.41) is 25.4. The quantitative estimate of drug-likeness (QED) is 0.103. The molecule has 21 aromatic carbocycles. The maximum atomic E-state index is 2.88. The highest BCUT2D eigenvalue weighted by Gasteiger charge is 2.52. The lowest BCUT2D eigenvalue weighted by molar-refractivity contribution is 1.03. The first-order valence-electron chi connectivity index (χ1n) is 47.4. The molecule has 9 nitrogen and oxygen atoms in total. The fraction of sp³-hybridized carbons (Fsp3) is 0. The summed E-state index contributed by atoms with van der Waals surface area (Å²) < 4.78 is 24.2. The van der Waals surface area contributed by atoms with Gasteiger partial charge in [-0.05, 0) is 185 Å². The highest BCUT2D eigenvalue weighted by Crippen LogP contribution is 2.49. The first-order valence-corrected chi connectivity index (χ1v) is 51.1. The lowest BCUT2D eigenvalue weighted by Gasteiger charge is -2.39. The summed E-state index contributed by atoms with van der Waals surface area (Å²) in [5.41, 5.74) is 27.6. The molecule has 9 heterocycles. The predicted molar refractivity (Wildman–Crippen MR) is 580 cm³/mol. The van der Waals surface area contributed by atoms with Gasteiger partial charge in [0.25, 0.3) is 0 Å². The zero-order valence-electron chi connectivity index (χ0n) is 74.3. The third-order valence-electron chi connectivity index (χ3n) is 30.2. The van der Waals surface area contributed by atoms with E-state index in [2.05, 4.69) is 531 Å². The molecule has 0 saturated heterocycles. The van der Waals surface area contributed by atoms with Crippen LogP contribution in [0.4, 0.5) is 0 Å². The van der Waals surface area contributed by atoms with Gasteiger partial charge in [-0.15, -0.1) is 0 Å². The van der Waals surface area contributed by atoms with Crippen molar-refractivity contribution in [2.24, 2.45) is 0 Å². The van der Waals surface area contributed by atoms with Gasteiger partial charge in [-0.2, -0.15) is 0 Å². The second-order valence-electron chi connectivity index (χ2n) is 36.9. The Labute approximate surface area is 787 Å². The van der Waals surface area contributed by atoms with Gasteiger partial charge in [-0.1, -0.05) is 328 Å². The van der Waals surface area contributed by atoms with Crippen LogP contribution in [-0.4, -0.2) is 56.4 Å². The Hall–Kier alpha value is -17.7. The molecular formula is C126H81N9Si2. The molecule has 0 radical (unpaired) electrons. The highest BCUT2D eigenvalue weighted by atomic mass is 28.4. The molecule has 0 aliphatic rings. The van der Waals surface area contributed by atoms with Crippen molar-refractivity contribution in [2.45, 2.75) is 0 Å². The molecule has 0 bridgehead atoms. The SMILES string of the molecule is c1ccc([Si](c2cccc(-n3c4ccccc4c4cc(-n5c6ccccc6c6ccccc65)ccc43)c2)(n2c3ccccc3c3ccccc32)n2c3ccccc3c3cc(-c4cccc5c4c4ccccc4n5[Si](c4cccc(-n5c6ccccc6c6cc(-n7c8ccccc8c8ccccc87)ccc65)c4)(n4c5ccccc5c5ccccc54)n4c5ccccc5c5ccccc54)ccc32)cc1. The Balaban J connectivity index is 0.678. The van der Waals surface area contributed by atoms with Crippen molar-refractivity contribution in [3.8, 4) is 33.9 Å². The molecule has 0 fully saturated rings. The minimum Gasteiger partial charge on any atom is -0.342 e. The Morgan fingerprint density at radius 1 is 0.131 bits per heavy atom. The summed E-state index contributed by atoms with van der Waals surface area (Å²) in [6.07, 6.45) is 0. The molecule has 0 spiro atoms. The van der Waals surface area contributed by atoms with Crippen molar-refractivity contribution < 1.29 is 0 Å². The van der Waals surface area contributed by atoms with Crippen LogP contribution in [0.2, 0.25) is 0 Å². The summed E-state index contributed by atoms with van der Waals surface area (Å²) in [5.74, 6) is 0. The Kier molecular flexibility index (Phi) is 16.0. The van der Waals surface area contributed by atoms with Crippen LogP contribution in [0.5, 0.6) is 0 Å². The number of aromatic nitrogens is 9. The number of nitrogens with zero attached hydrogens (tertiary/aromatic N) is 9. The van der Waals surface area contributed by atoms with Gasteiger partial charge in [0, 0.05) is 180 Å². The minimum absolute atomic E-state index is 1.07. The molecule has 0 aliphatic carbocycles. The monoisotopic (exact) mass is 1780 g/mol. The summed E-state index contributed by atoms with van der Waals surface area (Å²) in [6.45, 7) is 0. The second-order valence-corrected chi connectivity index (χ2v) is 43.5. The van der Waals surface area contributed by atoms with Crippen LogP contribution in [0, 0.1) is 0 Å². The second kappa shape index (κ2) is 28.9. The van der Waals surface area contributed by atoms with E-state index in [-0.39, 0.29) is 0 Å². The molecule has 638 valence electrons. The smallest absolute Gasteiger partial charge is 0.342 e. The van der Waals surface area contributed by atoms with Crippen LogP contribution < -0.4 is 15.6 Å². The molecule has 0 aliphatic heterocycles. The van der Waals surface area contributed by atoms with Gasteiger partial charge in [0.05, 0.1) is 44.1 Å². The van der Waals surface area contributed by atoms with Crippen molar-refractivity contribution in [2.75, 3.05) is 0 Å². The van der Waals surface area contributed by atoms with Gasteiger partial charge in [0.15, 0.2) is 0 Å². The third-order valence-corrected chi connectivity index (χ3v) is 39.1. The zero-order valence-corrected chi connectivity index (χ0v) is 76.3. The van der Waals surface area contributed by atoms with E-state index in [1.54, 1.807) is 0 Å². The zero-order chi connectivity index (χ0) is 89.5. The topological polar surface area (TPSA) is 44.4 Å². The molecule has 0 N–H and O–H groups in total. The van der Waals surface area contributed by atoms with E-state index in [1.807, 2.05) is 0 Å². The van der Waals surface area contributed by atoms with Gasteiger partial charge in [0.2, 0.25) is 0 Å². The van der Waals surface area contributed by atoms with Crippen molar-refractivity contribution in [1.82, 2.24) is 39.4 Å². The average molecular weight is 1780 g/mol. The van der Waals surface area contributed by atoms with Crippen molar-refractivity contribution in [3.63, 3.8) is 0 Å². The largest absolute Gasteiger partial charge is 0.428 e. The number of rotatable bonds is 13. The maximum Gasteiger partial charge on any atom is 0.428 e. The lowest BCUT2D eigenvalue weighted by atomic mass is 9.98. The number of benzene rings is 21. The van der Waals surface area contributed by atoms with Gasteiger partial charge >= 0.3 is 17.0 Å². The van der Waals surface area contributed by atoms with Crippen LogP contribution in [0.3, 0.4) is 0 Å². The maximum absolute atomic E-state index is 4.21. The fourth-order valence-electron chi connectivity index (χ4n) is 24.9. The Bertz CT molecular complexity index is 10000. The fourth-order valence-corrected chi connectivity index (χ4v) is 35.2. The third kappa shape index (κ3) is 10.3. The molecule has 1 unspecified atom stereocenters. The number of para-hydroxylation sites is 14. The van der Waals surface area contributed by atoms with E-state index in [0.717, 1.165) is 100 Å². The number of fused-ring (bicyclic) bond motifs is 27. The van der Waals surface area contributed by atoms with Crippen molar-refractivity contribution >= 4 is 229 Å². The van der Waals surface area contributed by atoms with Gasteiger partial charge in [-0.3, -0.25) is 0 Å². The van der Waals surface area contributed by atoms with Crippen molar-refractivity contribution in [3.05, 3.63) is 491 Å². The normalized spacial score (nSPS) is 12.9. The molecule has 9 aromatic heterocycles. The van der Waals surface area contributed by atoms with E-state index < -0.39 is 17.0 Å². The van der Waals surface area contributed by atoms with Gasteiger partial charge in [-0.25, -0.2) is 0 Å². The molecule has 30 rings (SSSR count). The van der Waals surface area contributed by atoms with E-state index in [9.17, 15) is 0 Å². The summed E-state index contributed by atoms with van der Waals surface area (Å²) in [6, 6.07) is 187. The summed E-state index contributed by atoms with van der Waals surface area (Å²) in [4.78, 5) is 0. The number of hydrogen-bond donors (Lipinski definition) is 0. The molecule has 11 heteroatoms. The van der Waals surface area contributed by atoms with E-state index in [1.165, 1.54) is 146 Å². The summed E-state index contributed by atoms with van der Waals surface area (Å²) >= 11 is 0.